The van der Waals surface area contributed by atoms with E-state index in [-0.39, 0.29) is 24.9 Å². The predicted octanol–water partition coefficient (Wildman–Crippen LogP) is -0.0987. The van der Waals surface area contributed by atoms with E-state index in [9.17, 15) is 0 Å². The molecule has 3 unspecified atom stereocenters. The second-order valence-corrected chi connectivity index (χ2v) is 3.11. The van der Waals surface area contributed by atoms with Crippen LogP contribution in [-0.4, -0.2) is 43.0 Å². The van der Waals surface area contributed by atoms with Gasteiger partial charge in [-0.1, -0.05) is 6.92 Å². The zero-order chi connectivity index (χ0) is 7.72. The van der Waals surface area contributed by atoms with Crippen molar-refractivity contribution in [3.63, 3.8) is 0 Å². The molecule has 0 bridgehead atoms. The molecule has 3 atom stereocenters. The molecule has 60 valence electrons. The number of likely N-dealkylation sites (N-methyl/N-ethyl adjacent to an activating group) is 1. The Bertz CT molecular complexity index is 116. The molecule has 10 heavy (non-hydrogen) atoms. The standard InChI is InChI=1S/C7H15NO2/c1-5(4-9)6-7(10-6)8(2)3/h5-7,9H,4H2,1-3H3. The fourth-order valence-electron chi connectivity index (χ4n) is 1.05. The van der Waals surface area contributed by atoms with Gasteiger partial charge >= 0.3 is 0 Å². The number of epoxide rings is 1. The van der Waals surface area contributed by atoms with E-state index < -0.39 is 0 Å². The van der Waals surface area contributed by atoms with Gasteiger partial charge in [-0.05, 0) is 14.1 Å². The third-order valence-corrected chi connectivity index (χ3v) is 1.86. The third-order valence-electron chi connectivity index (χ3n) is 1.86. The van der Waals surface area contributed by atoms with Gasteiger partial charge in [-0.3, -0.25) is 4.90 Å². The van der Waals surface area contributed by atoms with Crippen molar-refractivity contribution in [3.05, 3.63) is 0 Å². The summed E-state index contributed by atoms with van der Waals surface area (Å²) in [5.74, 6) is 0.271. The van der Waals surface area contributed by atoms with E-state index in [0.717, 1.165) is 0 Å². The Hall–Kier alpha value is -0.120. The smallest absolute Gasteiger partial charge is 0.137 e. The Balaban J connectivity index is 2.24. The highest BCUT2D eigenvalue weighted by Crippen LogP contribution is 2.30. The van der Waals surface area contributed by atoms with Gasteiger partial charge in [0.25, 0.3) is 0 Å². The van der Waals surface area contributed by atoms with Crippen molar-refractivity contribution in [2.75, 3.05) is 20.7 Å². The van der Waals surface area contributed by atoms with Gasteiger partial charge in [0, 0.05) is 12.5 Å². The minimum absolute atomic E-state index is 0.217. The summed E-state index contributed by atoms with van der Waals surface area (Å²) < 4.78 is 5.30. The Morgan fingerprint density at radius 2 is 2.20 bits per heavy atom. The monoisotopic (exact) mass is 145 g/mol. The van der Waals surface area contributed by atoms with Crippen LogP contribution in [0.5, 0.6) is 0 Å². The van der Waals surface area contributed by atoms with Gasteiger partial charge in [-0.15, -0.1) is 0 Å². The fraction of sp³-hybridized carbons (Fsp3) is 1.00. The molecule has 0 radical (unpaired) electrons. The molecule has 0 aromatic rings. The predicted molar refractivity (Wildman–Crippen MR) is 38.6 cm³/mol. The van der Waals surface area contributed by atoms with Crippen LogP contribution in [0.3, 0.4) is 0 Å². The van der Waals surface area contributed by atoms with Gasteiger partial charge in [-0.25, -0.2) is 0 Å². The lowest BCUT2D eigenvalue weighted by atomic mass is 10.1. The van der Waals surface area contributed by atoms with Gasteiger partial charge < -0.3 is 9.84 Å². The van der Waals surface area contributed by atoms with Crippen LogP contribution >= 0.6 is 0 Å². The molecule has 0 saturated carbocycles. The largest absolute Gasteiger partial charge is 0.396 e. The first-order chi connectivity index (χ1) is 4.66. The summed E-state index contributed by atoms with van der Waals surface area (Å²) in [4.78, 5) is 2.02. The minimum Gasteiger partial charge on any atom is -0.396 e. The molecule has 1 heterocycles. The molecule has 1 saturated heterocycles. The Labute approximate surface area is 61.6 Å². The van der Waals surface area contributed by atoms with Crippen molar-refractivity contribution in [3.8, 4) is 0 Å². The van der Waals surface area contributed by atoms with Gasteiger partial charge in [0.1, 0.15) is 12.3 Å². The highest BCUT2D eigenvalue weighted by Gasteiger charge is 2.43. The normalized spacial score (nSPS) is 34.5. The Kier molecular flexibility index (Phi) is 2.28. The number of aliphatic hydroxyl groups is 1. The van der Waals surface area contributed by atoms with Crippen LogP contribution in [0.4, 0.5) is 0 Å². The maximum absolute atomic E-state index is 8.75. The fourth-order valence-corrected chi connectivity index (χ4v) is 1.05. The second-order valence-electron chi connectivity index (χ2n) is 3.11. The molecule has 3 heteroatoms. The first-order valence-corrected chi connectivity index (χ1v) is 3.59. The Morgan fingerprint density at radius 3 is 2.50 bits per heavy atom. The lowest BCUT2D eigenvalue weighted by Crippen LogP contribution is -2.21. The molecule has 1 N–H and O–H groups in total. The second kappa shape index (κ2) is 2.86. The topological polar surface area (TPSA) is 36.0 Å². The van der Waals surface area contributed by atoms with Crippen molar-refractivity contribution in [2.24, 2.45) is 5.92 Å². The lowest BCUT2D eigenvalue weighted by molar-refractivity contribution is 0.200. The van der Waals surface area contributed by atoms with E-state index in [2.05, 4.69) is 0 Å². The summed E-state index contributed by atoms with van der Waals surface area (Å²) in [7, 11) is 3.96. The summed E-state index contributed by atoms with van der Waals surface area (Å²) in [6, 6.07) is 0. The number of ether oxygens (including phenoxy) is 1. The zero-order valence-electron chi connectivity index (χ0n) is 6.74. The highest BCUT2D eigenvalue weighted by atomic mass is 16.6. The number of nitrogens with zero attached hydrogens (tertiary/aromatic N) is 1. The molecule has 1 fully saturated rings. The van der Waals surface area contributed by atoms with E-state index >= 15 is 0 Å². The van der Waals surface area contributed by atoms with E-state index in [1.807, 2.05) is 25.9 Å². The quantitative estimate of drug-likeness (QED) is 0.563. The lowest BCUT2D eigenvalue weighted by Gasteiger charge is -2.06. The highest BCUT2D eigenvalue weighted by molar-refractivity contribution is 4.86. The molecular weight excluding hydrogens is 130 g/mol. The van der Waals surface area contributed by atoms with Crippen molar-refractivity contribution >= 4 is 0 Å². The molecule has 0 spiro atoms. The molecule has 1 rings (SSSR count). The van der Waals surface area contributed by atoms with Gasteiger partial charge in [0.15, 0.2) is 0 Å². The zero-order valence-corrected chi connectivity index (χ0v) is 6.74. The third kappa shape index (κ3) is 1.48. The molecule has 0 aromatic heterocycles. The Morgan fingerprint density at radius 1 is 1.60 bits per heavy atom. The van der Waals surface area contributed by atoms with Crippen molar-refractivity contribution in [2.45, 2.75) is 19.3 Å². The van der Waals surface area contributed by atoms with Crippen LogP contribution in [0.1, 0.15) is 6.92 Å². The van der Waals surface area contributed by atoms with Gasteiger partial charge in [-0.2, -0.15) is 0 Å². The average Bonchev–Trinajstić information content (AvgIpc) is 2.64. The molecule has 0 amide bonds. The van der Waals surface area contributed by atoms with Crippen molar-refractivity contribution in [1.29, 1.82) is 0 Å². The first kappa shape index (κ1) is 7.98. The summed E-state index contributed by atoms with van der Waals surface area (Å²) in [5, 5.41) is 8.75. The molecular formula is C7H15NO2. The molecule has 1 aliphatic rings. The van der Waals surface area contributed by atoms with E-state index in [0.29, 0.717) is 0 Å². The average molecular weight is 145 g/mol. The molecule has 3 nitrogen and oxygen atoms in total. The van der Waals surface area contributed by atoms with Crippen LogP contribution in [0, 0.1) is 5.92 Å². The number of hydrogen-bond acceptors (Lipinski definition) is 3. The van der Waals surface area contributed by atoms with Crippen LogP contribution in [0.25, 0.3) is 0 Å². The van der Waals surface area contributed by atoms with Gasteiger partial charge in [0.05, 0.1) is 0 Å². The van der Waals surface area contributed by atoms with Crippen LogP contribution in [0.15, 0.2) is 0 Å². The maximum atomic E-state index is 8.75. The number of rotatable bonds is 3. The molecule has 1 aliphatic heterocycles. The van der Waals surface area contributed by atoms with Crippen molar-refractivity contribution in [1.82, 2.24) is 4.90 Å². The van der Waals surface area contributed by atoms with Crippen molar-refractivity contribution < 1.29 is 9.84 Å². The van der Waals surface area contributed by atoms with Crippen LogP contribution in [-0.2, 0) is 4.74 Å². The molecule has 0 aromatic carbocycles. The van der Waals surface area contributed by atoms with Crippen LogP contribution in [0.2, 0.25) is 0 Å². The van der Waals surface area contributed by atoms with Gasteiger partial charge in [0.2, 0.25) is 0 Å². The van der Waals surface area contributed by atoms with E-state index in [1.165, 1.54) is 0 Å². The number of aliphatic hydroxyl groups excluding tert-OH is 1. The maximum Gasteiger partial charge on any atom is 0.137 e. The molecule has 0 aliphatic carbocycles. The SMILES string of the molecule is CC(CO)C1OC1N(C)C. The summed E-state index contributed by atoms with van der Waals surface area (Å²) >= 11 is 0. The first-order valence-electron chi connectivity index (χ1n) is 3.59. The summed E-state index contributed by atoms with van der Waals surface area (Å²) in [6.07, 6.45) is 0.488. The summed E-state index contributed by atoms with van der Waals surface area (Å²) in [6.45, 7) is 2.21. The van der Waals surface area contributed by atoms with E-state index in [1.54, 1.807) is 0 Å². The minimum atomic E-state index is 0.217. The summed E-state index contributed by atoms with van der Waals surface area (Å²) in [5.41, 5.74) is 0. The van der Waals surface area contributed by atoms with Crippen LogP contribution < -0.4 is 0 Å². The number of hydrogen-bond donors (Lipinski definition) is 1. The van der Waals surface area contributed by atoms with E-state index in [4.69, 9.17) is 9.84 Å².